The number of halogens is 1. The van der Waals surface area contributed by atoms with Gasteiger partial charge in [-0.05, 0) is 42.8 Å². The van der Waals surface area contributed by atoms with Crippen LogP contribution in [0, 0.1) is 0 Å². The molecule has 6 heteroatoms. The Morgan fingerprint density at radius 1 is 1.16 bits per heavy atom. The smallest absolute Gasteiger partial charge is 0.336 e. The lowest BCUT2D eigenvalue weighted by atomic mass is 10.1. The molecule has 1 atom stereocenters. The normalized spacial score (nSPS) is 11.9. The van der Waals surface area contributed by atoms with E-state index in [0.29, 0.717) is 16.4 Å². The molecule has 1 amide bonds. The van der Waals surface area contributed by atoms with E-state index in [4.69, 9.17) is 20.8 Å². The van der Waals surface area contributed by atoms with Gasteiger partial charge in [0.25, 0.3) is 5.91 Å². The molecule has 128 valence electrons. The number of carbonyl (C=O) groups is 1. The van der Waals surface area contributed by atoms with Crippen molar-refractivity contribution in [3.63, 3.8) is 0 Å². The summed E-state index contributed by atoms with van der Waals surface area (Å²) in [6.07, 6.45) is 0. The van der Waals surface area contributed by atoms with E-state index in [0.717, 1.165) is 10.9 Å². The van der Waals surface area contributed by atoms with Crippen molar-refractivity contribution in [1.29, 1.82) is 0 Å². The van der Waals surface area contributed by atoms with Gasteiger partial charge in [-0.1, -0.05) is 23.7 Å². The van der Waals surface area contributed by atoms with Crippen LogP contribution in [0.4, 0.5) is 0 Å². The van der Waals surface area contributed by atoms with Crippen molar-refractivity contribution in [2.45, 2.75) is 13.0 Å². The van der Waals surface area contributed by atoms with Crippen LogP contribution in [0.15, 0.2) is 63.8 Å². The number of hydrogen-bond acceptors (Lipinski definition) is 4. The van der Waals surface area contributed by atoms with Gasteiger partial charge in [0.05, 0.1) is 6.04 Å². The third-order valence-electron chi connectivity index (χ3n) is 3.71. The average Bonchev–Trinajstić information content (AvgIpc) is 2.60. The second-order valence-corrected chi connectivity index (χ2v) is 6.02. The van der Waals surface area contributed by atoms with Gasteiger partial charge in [0.15, 0.2) is 6.61 Å². The molecule has 3 aromatic rings. The molecular weight excluding hydrogens is 342 g/mol. The molecule has 0 aliphatic carbocycles. The van der Waals surface area contributed by atoms with Crippen molar-refractivity contribution in [2.24, 2.45) is 0 Å². The molecule has 2 aromatic carbocycles. The molecule has 0 fully saturated rings. The summed E-state index contributed by atoms with van der Waals surface area (Å²) >= 11 is 5.86. The number of nitrogens with one attached hydrogen (secondary N) is 1. The molecule has 0 radical (unpaired) electrons. The molecule has 0 aliphatic rings. The van der Waals surface area contributed by atoms with Crippen molar-refractivity contribution in [2.75, 3.05) is 6.61 Å². The second-order valence-electron chi connectivity index (χ2n) is 5.58. The highest BCUT2D eigenvalue weighted by Gasteiger charge is 2.10. The molecule has 5 nitrogen and oxygen atoms in total. The Bertz CT molecular complexity index is 950. The van der Waals surface area contributed by atoms with E-state index in [2.05, 4.69) is 5.32 Å². The molecule has 0 bridgehead atoms. The summed E-state index contributed by atoms with van der Waals surface area (Å²) in [5.74, 6) is 0.202. The summed E-state index contributed by atoms with van der Waals surface area (Å²) in [7, 11) is 0. The topological polar surface area (TPSA) is 68.5 Å². The predicted molar refractivity (Wildman–Crippen MR) is 96.0 cm³/mol. The third kappa shape index (κ3) is 4.39. The first-order valence-electron chi connectivity index (χ1n) is 7.73. The lowest BCUT2D eigenvalue weighted by Crippen LogP contribution is -2.31. The zero-order valence-corrected chi connectivity index (χ0v) is 14.2. The minimum Gasteiger partial charge on any atom is -0.484 e. The average molecular weight is 358 g/mol. The number of hydrogen-bond donors (Lipinski definition) is 1. The zero-order chi connectivity index (χ0) is 17.8. The summed E-state index contributed by atoms with van der Waals surface area (Å²) in [5.41, 5.74) is 0.935. The molecule has 0 spiro atoms. The van der Waals surface area contributed by atoms with Crippen LogP contribution in [0.5, 0.6) is 5.75 Å². The van der Waals surface area contributed by atoms with Gasteiger partial charge < -0.3 is 14.5 Å². The molecule has 0 saturated carbocycles. The first kappa shape index (κ1) is 17.0. The molecule has 0 aliphatic heterocycles. The second kappa shape index (κ2) is 7.40. The maximum absolute atomic E-state index is 12.0. The first-order chi connectivity index (χ1) is 12.0. The Kier molecular flexibility index (Phi) is 5.05. The zero-order valence-electron chi connectivity index (χ0n) is 13.5. The van der Waals surface area contributed by atoms with Crippen molar-refractivity contribution < 1.29 is 13.9 Å². The van der Waals surface area contributed by atoms with Crippen LogP contribution in [-0.4, -0.2) is 12.5 Å². The lowest BCUT2D eigenvalue weighted by Gasteiger charge is -2.15. The summed E-state index contributed by atoms with van der Waals surface area (Å²) < 4.78 is 10.6. The third-order valence-corrected chi connectivity index (χ3v) is 3.96. The van der Waals surface area contributed by atoms with Gasteiger partial charge in [0.2, 0.25) is 0 Å². The van der Waals surface area contributed by atoms with Crippen LogP contribution >= 0.6 is 11.6 Å². The number of rotatable bonds is 5. The van der Waals surface area contributed by atoms with Crippen LogP contribution in [0.25, 0.3) is 11.0 Å². The van der Waals surface area contributed by atoms with E-state index < -0.39 is 5.63 Å². The van der Waals surface area contributed by atoms with Crippen LogP contribution in [0.3, 0.4) is 0 Å². The Labute approximate surface area is 149 Å². The Morgan fingerprint density at radius 2 is 1.88 bits per heavy atom. The van der Waals surface area contributed by atoms with Gasteiger partial charge in [-0.3, -0.25) is 4.79 Å². The molecule has 25 heavy (non-hydrogen) atoms. The van der Waals surface area contributed by atoms with Gasteiger partial charge in [-0.25, -0.2) is 4.79 Å². The summed E-state index contributed by atoms with van der Waals surface area (Å²) in [6, 6.07) is 15.2. The largest absolute Gasteiger partial charge is 0.484 e. The minimum atomic E-state index is -0.431. The van der Waals surface area contributed by atoms with Crippen LogP contribution in [-0.2, 0) is 4.79 Å². The Hall–Kier alpha value is -2.79. The van der Waals surface area contributed by atoms with E-state index in [1.165, 1.54) is 6.07 Å². The molecule has 3 rings (SSSR count). The fraction of sp³-hybridized carbons (Fsp3) is 0.158. The number of fused-ring (bicyclic) bond motifs is 1. The predicted octanol–water partition coefficient (Wildman–Crippen LogP) is 3.70. The molecule has 1 N–H and O–H groups in total. The fourth-order valence-electron chi connectivity index (χ4n) is 2.40. The van der Waals surface area contributed by atoms with E-state index in [9.17, 15) is 9.59 Å². The quantitative estimate of drug-likeness (QED) is 0.707. The van der Waals surface area contributed by atoms with Crippen LogP contribution in [0.1, 0.15) is 18.5 Å². The summed E-state index contributed by atoms with van der Waals surface area (Å²) in [5, 5.41) is 4.28. The number of ether oxygens (including phenoxy) is 1. The molecule has 1 unspecified atom stereocenters. The van der Waals surface area contributed by atoms with Gasteiger partial charge in [-0.2, -0.15) is 0 Å². The summed E-state index contributed by atoms with van der Waals surface area (Å²) in [6.45, 7) is 1.74. The Balaban J connectivity index is 1.60. The monoisotopic (exact) mass is 357 g/mol. The molecular formula is C19H16ClNO4. The maximum atomic E-state index is 12.0. The number of amides is 1. The number of carbonyl (C=O) groups excluding carboxylic acids is 1. The molecule has 1 aromatic heterocycles. The standard InChI is InChI=1S/C19H16ClNO4/c1-12(13-2-6-15(20)7-3-13)21-18(22)11-24-16-8-4-14-5-9-19(23)25-17(14)10-16/h2-10,12H,11H2,1H3,(H,21,22). The lowest BCUT2D eigenvalue weighted by molar-refractivity contribution is -0.123. The van der Waals surface area contributed by atoms with Gasteiger partial charge in [0, 0.05) is 22.5 Å². The van der Waals surface area contributed by atoms with Gasteiger partial charge >= 0.3 is 5.63 Å². The van der Waals surface area contributed by atoms with Crippen molar-refractivity contribution >= 4 is 28.5 Å². The molecule has 0 saturated heterocycles. The van der Waals surface area contributed by atoms with E-state index in [1.807, 2.05) is 19.1 Å². The van der Waals surface area contributed by atoms with Crippen molar-refractivity contribution in [3.8, 4) is 5.75 Å². The van der Waals surface area contributed by atoms with Gasteiger partial charge in [-0.15, -0.1) is 0 Å². The minimum absolute atomic E-state index is 0.138. The van der Waals surface area contributed by atoms with Gasteiger partial charge in [0.1, 0.15) is 11.3 Å². The van der Waals surface area contributed by atoms with Crippen molar-refractivity contribution in [3.05, 3.63) is 75.6 Å². The maximum Gasteiger partial charge on any atom is 0.336 e. The van der Waals surface area contributed by atoms with Crippen LogP contribution in [0.2, 0.25) is 5.02 Å². The SMILES string of the molecule is CC(NC(=O)COc1ccc2ccc(=O)oc2c1)c1ccc(Cl)cc1. The van der Waals surface area contributed by atoms with E-state index in [-0.39, 0.29) is 18.6 Å². The number of benzene rings is 2. The highest BCUT2D eigenvalue weighted by atomic mass is 35.5. The first-order valence-corrected chi connectivity index (χ1v) is 8.10. The summed E-state index contributed by atoms with van der Waals surface area (Å²) in [4.78, 5) is 23.3. The fourth-order valence-corrected chi connectivity index (χ4v) is 2.52. The van der Waals surface area contributed by atoms with E-state index in [1.54, 1.807) is 36.4 Å². The Morgan fingerprint density at radius 3 is 2.64 bits per heavy atom. The van der Waals surface area contributed by atoms with Crippen molar-refractivity contribution in [1.82, 2.24) is 5.32 Å². The highest BCUT2D eigenvalue weighted by Crippen LogP contribution is 2.20. The van der Waals surface area contributed by atoms with E-state index >= 15 is 0 Å². The highest BCUT2D eigenvalue weighted by molar-refractivity contribution is 6.30. The van der Waals surface area contributed by atoms with Crippen LogP contribution < -0.4 is 15.7 Å². The molecule has 1 heterocycles.